The lowest BCUT2D eigenvalue weighted by molar-refractivity contribution is 0.0939. The van der Waals surface area contributed by atoms with Gasteiger partial charge in [0.1, 0.15) is 0 Å². The standard InChI is InChI=1S/C14H18BrNO2/c1-9(17)11-7-10(5-6-12(11)15)13(18)16-8-14(2,3)4/h5-7H,8H2,1-4H3,(H,16,18). The molecule has 1 aromatic rings. The van der Waals surface area contributed by atoms with Gasteiger partial charge in [0.05, 0.1) is 0 Å². The van der Waals surface area contributed by atoms with Gasteiger partial charge in [-0.25, -0.2) is 0 Å². The van der Waals surface area contributed by atoms with Gasteiger partial charge < -0.3 is 5.32 Å². The van der Waals surface area contributed by atoms with Crippen LogP contribution in [0.15, 0.2) is 22.7 Å². The van der Waals surface area contributed by atoms with Gasteiger partial charge >= 0.3 is 0 Å². The number of nitrogens with one attached hydrogen (secondary N) is 1. The lowest BCUT2D eigenvalue weighted by Gasteiger charge is -2.18. The molecule has 1 rings (SSSR count). The molecule has 0 saturated carbocycles. The predicted molar refractivity (Wildman–Crippen MR) is 75.9 cm³/mol. The Kier molecular flexibility index (Phi) is 4.68. The SMILES string of the molecule is CC(=O)c1cc(C(=O)NCC(C)(C)C)ccc1Br. The van der Waals surface area contributed by atoms with E-state index in [1.807, 2.05) is 0 Å². The van der Waals surface area contributed by atoms with Gasteiger partial charge in [0, 0.05) is 22.1 Å². The van der Waals surface area contributed by atoms with Crippen molar-refractivity contribution in [1.82, 2.24) is 5.32 Å². The number of rotatable bonds is 3. The van der Waals surface area contributed by atoms with Crippen molar-refractivity contribution >= 4 is 27.6 Å². The molecule has 1 aromatic carbocycles. The first-order valence-corrected chi connectivity index (χ1v) is 6.59. The van der Waals surface area contributed by atoms with Crippen molar-refractivity contribution in [1.29, 1.82) is 0 Å². The van der Waals surface area contributed by atoms with Crippen molar-refractivity contribution in [3.05, 3.63) is 33.8 Å². The number of hydrogen-bond donors (Lipinski definition) is 1. The van der Waals surface area contributed by atoms with E-state index >= 15 is 0 Å². The maximum Gasteiger partial charge on any atom is 0.251 e. The van der Waals surface area contributed by atoms with E-state index in [2.05, 4.69) is 42.0 Å². The number of amides is 1. The Hall–Kier alpha value is -1.16. The second kappa shape index (κ2) is 5.65. The Labute approximate surface area is 116 Å². The van der Waals surface area contributed by atoms with Crippen LogP contribution < -0.4 is 5.32 Å². The zero-order valence-corrected chi connectivity index (χ0v) is 12.7. The van der Waals surface area contributed by atoms with Crippen molar-refractivity contribution < 1.29 is 9.59 Å². The van der Waals surface area contributed by atoms with Crippen molar-refractivity contribution in [3.63, 3.8) is 0 Å². The third-order valence-corrected chi connectivity index (χ3v) is 3.08. The van der Waals surface area contributed by atoms with Crippen LogP contribution in [0.5, 0.6) is 0 Å². The maximum absolute atomic E-state index is 11.9. The highest BCUT2D eigenvalue weighted by molar-refractivity contribution is 9.10. The number of carbonyl (C=O) groups excluding carboxylic acids is 2. The summed E-state index contributed by atoms with van der Waals surface area (Å²) in [4.78, 5) is 23.3. The Morgan fingerprint density at radius 1 is 1.28 bits per heavy atom. The zero-order valence-electron chi connectivity index (χ0n) is 11.1. The number of carbonyl (C=O) groups is 2. The quantitative estimate of drug-likeness (QED) is 0.869. The van der Waals surface area contributed by atoms with Crippen LogP contribution in [0.3, 0.4) is 0 Å². The Balaban J connectivity index is 2.87. The molecule has 0 aromatic heterocycles. The molecular weight excluding hydrogens is 294 g/mol. The first kappa shape index (κ1) is 14.9. The van der Waals surface area contributed by atoms with Crippen LogP contribution in [-0.4, -0.2) is 18.2 Å². The largest absolute Gasteiger partial charge is 0.352 e. The molecule has 0 saturated heterocycles. The summed E-state index contributed by atoms with van der Waals surface area (Å²) < 4.78 is 0.711. The number of ketones is 1. The zero-order chi connectivity index (χ0) is 13.9. The minimum absolute atomic E-state index is 0.0361. The van der Waals surface area contributed by atoms with E-state index in [1.165, 1.54) is 6.92 Å². The lowest BCUT2D eigenvalue weighted by Crippen LogP contribution is -2.32. The molecule has 3 nitrogen and oxygen atoms in total. The van der Waals surface area contributed by atoms with Crippen LogP contribution in [0.2, 0.25) is 0 Å². The average molecular weight is 312 g/mol. The minimum atomic E-state index is -0.153. The fourth-order valence-corrected chi connectivity index (χ4v) is 1.91. The molecule has 0 aliphatic rings. The number of benzene rings is 1. The third kappa shape index (κ3) is 4.26. The van der Waals surface area contributed by atoms with Crippen LogP contribution in [-0.2, 0) is 0 Å². The highest BCUT2D eigenvalue weighted by Gasteiger charge is 2.14. The summed E-state index contributed by atoms with van der Waals surface area (Å²) in [6.07, 6.45) is 0. The Morgan fingerprint density at radius 2 is 1.89 bits per heavy atom. The second-order valence-electron chi connectivity index (χ2n) is 5.49. The van der Waals surface area contributed by atoms with E-state index in [9.17, 15) is 9.59 Å². The van der Waals surface area contributed by atoms with E-state index in [1.54, 1.807) is 18.2 Å². The molecule has 0 radical (unpaired) electrons. The van der Waals surface area contributed by atoms with Gasteiger partial charge in [0.15, 0.2) is 5.78 Å². The summed E-state index contributed by atoms with van der Waals surface area (Å²) in [5.74, 6) is -0.215. The summed E-state index contributed by atoms with van der Waals surface area (Å²) in [7, 11) is 0. The Bertz CT molecular complexity index is 475. The molecule has 0 aliphatic carbocycles. The maximum atomic E-state index is 11.9. The molecule has 0 unspecified atom stereocenters. The smallest absolute Gasteiger partial charge is 0.251 e. The molecule has 1 N–H and O–H groups in total. The summed E-state index contributed by atoms with van der Waals surface area (Å²) in [5, 5.41) is 2.86. The molecule has 98 valence electrons. The van der Waals surface area contributed by atoms with Gasteiger partial charge in [0.2, 0.25) is 0 Å². The number of Topliss-reactive ketones (excluding diaryl/α,β-unsaturated/α-hetero) is 1. The van der Waals surface area contributed by atoms with Crippen LogP contribution in [0.25, 0.3) is 0 Å². The van der Waals surface area contributed by atoms with Crippen molar-refractivity contribution in [2.24, 2.45) is 5.41 Å². The van der Waals surface area contributed by atoms with Gasteiger partial charge in [-0.2, -0.15) is 0 Å². The summed E-state index contributed by atoms with van der Waals surface area (Å²) in [6, 6.07) is 5.04. The Morgan fingerprint density at radius 3 is 2.39 bits per heavy atom. The first-order valence-electron chi connectivity index (χ1n) is 5.79. The van der Waals surface area contributed by atoms with Crippen molar-refractivity contribution in [3.8, 4) is 0 Å². The minimum Gasteiger partial charge on any atom is -0.352 e. The van der Waals surface area contributed by atoms with Gasteiger partial charge in [-0.3, -0.25) is 9.59 Å². The molecule has 0 spiro atoms. The van der Waals surface area contributed by atoms with Gasteiger partial charge in [-0.15, -0.1) is 0 Å². The molecular formula is C14H18BrNO2. The van der Waals surface area contributed by atoms with E-state index in [0.29, 0.717) is 22.1 Å². The number of halogens is 1. The topological polar surface area (TPSA) is 46.2 Å². The average Bonchev–Trinajstić information content (AvgIpc) is 2.25. The van der Waals surface area contributed by atoms with E-state index in [0.717, 1.165) is 0 Å². The van der Waals surface area contributed by atoms with Crippen LogP contribution >= 0.6 is 15.9 Å². The van der Waals surface area contributed by atoms with Crippen LogP contribution in [0.4, 0.5) is 0 Å². The van der Waals surface area contributed by atoms with Gasteiger partial charge in [-0.05, 0) is 30.5 Å². The highest BCUT2D eigenvalue weighted by Crippen LogP contribution is 2.19. The van der Waals surface area contributed by atoms with E-state index < -0.39 is 0 Å². The van der Waals surface area contributed by atoms with Gasteiger partial charge in [-0.1, -0.05) is 36.7 Å². The molecule has 18 heavy (non-hydrogen) atoms. The fraction of sp³-hybridized carbons (Fsp3) is 0.429. The van der Waals surface area contributed by atoms with Crippen LogP contribution in [0, 0.1) is 5.41 Å². The molecule has 1 amide bonds. The monoisotopic (exact) mass is 311 g/mol. The first-order chi connectivity index (χ1) is 8.20. The van der Waals surface area contributed by atoms with Gasteiger partial charge in [0.25, 0.3) is 5.91 Å². The molecule has 0 atom stereocenters. The highest BCUT2D eigenvalue weighted by atomic mass is 79.9. The molecule has 0 fully saturated rings. The van der Waals surface area contributed by atoms with E-state index in [4.69, 9.17) is 0 Å². The summed E-state index contributed by atoms with van der Waals surface area (Å²) in [5.41, 5.74) is 1.07. The van der Waals surface area contributed by atoms with Crippen LogP contribution in [0.1, 0.15) is 48.4 Å². The van der Waals surface area contributed by atoms with Crippen molar-refractivity contribution in [2.45, 2.75) is 27.7 Å². The normalized spacial score (nSPS) is 11.2. The lowest BCUT2D eigenvalue weighted by atomic mass is 9.97. The summed E-state index contributed by atoms with van der Waals surface area (Å²) in [6.45, 7) is 8.23. The molecule has 0 heterocycles. The van der Waals surface area contributed by atoms with Crippen molar-refractivity contribution in [2.75, 3.05) is 6.54 Å². The predicted octanol–water partition coefficient (Wildman–Crippen LogP) is 3.43. The second-order valence-corrected chi connectivity index (χ2v) is 6.35. The molecule has 0 aliphatic heterocycles. The third-order valence-electron chi connectivity index (χ3n) is 2.39. The number of hydrogen-bond acceptors (Lipinski definition) is 2. The molecule has 4 heteroatoms. The fourth-order valence-electron chi connectivity index (χ4n) is 1.38. The summed E-state index contributed by atoms with van der Waals surface area (Å²) >= 11 is 3.30. The van der Waals surface area contributed by atoms with E-state index in [-0.39, 0.29) is 17.1 Å². The molecule has 0 bridgehead atoms.